The highest BCUT2D eigenvalue weighted by Gasteiger charge is 2.13. The molecule has 0 aliphatic heterocycles. The first-order valence-corrected chi connectivity index (χ1v) is 9.06. The van der Waals surface area contributed by atoms with Crippen LogP contribution in [0.15, 0.2) is 42.7 Å². The van der Waals surface area contributed by atoms with E-state index in [1.54, 1.807) is 6.07 Å². The molecule has 0 unspecified atom stereocenters. The third kappa shape index (κ3) is 4.62. The maximum absolute atomic E-state index is 12.3. The van der Waals surface area contributed by atoms with Crippen LogP contribution in [0.3, 0.4) is 0 Å². The number of nitrogens with one attached hydrogen (secondary N) is 3. The van der Waals surface area contributed by atoms with Crippen molar-refractivity contribution in [1.29, 1.82) is 0 Å². The van der Waals surface area contributed by atoms with Crippen molar-refractivity contribution < 1.29 is 4.79 Å². The number of anilines is 4. The van der Waals surface area contributed by atoms with E-state index >= 15 is 0 Å². The van der Waals surface area contributed by atoms with Gasteiger partial charge in [0.15, 0.2) is 11.6 Å². The number of benzene rings is 2. The number of carbonyl (C=O) groups is 1. The van der Waals surface area contributed by atoms with Gasteiger partial charge in [-0.05, 0) is 55.3 Å². The first-order valence-electron chi connectivity index (χ1n) is 8.30. The van der Waals surface area contributed by atoms with E-state index in [0.717, 1.165) is 16.8 Å². The van der Waals surface area contributed by atoms with E-state index in [-0.39, 0.29) is 22.1 Å². The predicted octanol–water partition coefficient (Wildman–Crippen LogP) is 4.48. The number of rotatable bonds is 5. The normalized spacial score (nSPS) is 10.4. The van der Waals surface area contributed by atoms with Gasteiger partial charge in [-0.3, -0.25) is 15.6 Å². The summed E-state index contributed by atoms with van der Waals surface area (Å²) in [7, 11) is 0. The van der Waals surface area contributed by atoms with Crippen molar-refractivity contribution in [1.82, 2.24) is 15.4 Å². The largest absolute Gasteiger partial charge is 0.393 e. The molecule has 3 rings (SSSR count). The molecule has 5 N–H and O–H groups in total. The van der Waals surface area contributed by atoms with Gasteiger partial charge in [-0.2, -0.15) is 0 Å². The van der Waals surface area contributed by atoms with Crippen molar-refractivity contribution in [2.75, 3.05) is 16.5 Å². The van der Waals surface area contributed by atoms with Crippen LogP contribution in [0.25, 0.3) is 0 Å². The molecule has 1 heterocycles. The number of nitrogens with two attached hydrogens (primary N) is 1. The molecular weight excluding hydrogens is 399 g/mol. The topological polar surface area (TPSA) is 105 Å². The molecule has 28 heavy (non-hydrogen) atoms. The number of amides is 1. The zero-order chi connectivity index (χ0) is 20.3. The molecule has 0 bridgehead atoms. The average Bonchev–Trinajstić information content (AvgIpc) is 2.61. The van der Waals surface area contributed by atoms with Crippen molar-refractivity contribution in [2.45, 2.75) is 13.8 Å². The molecule has 0 atom stereocenters. The molecule has 0 fully saturated rings. The molecule has 1 aromatic heterocycles. The molecule has 7 nitrogen and oxygen atoms in total. The Morgan fingerprint density at radius 1 is 1.00 bits per heavy atom. The third-order valence-corrected chi connectivity index (χ3v) is 4.39. The van der Waals surface area contributed by atoms with Crippen molar-refractivity contribution in [3.05, 3.63) is 69.5 Å². The number of hydrogen-bond donors (Lipinski definition) is 4. The summed E-state index contributed by atoms with van der Waals surface area (Å²) in [4.78, 5) is 20.5. The van der Waals surface area contributed by atoms with E-state index in [1.807, 2.05) is 26.0 Å². The summed E-state index contributed by atoms with van der Waals surface area (Å²) in [5, 5.41) is 3.84. The standard InChI is InChI=1S/C19H18Cl2N6O/c1-10-5-11(2)7-13(6-10)25-17-16(22)18(24-9-23-17)26-27-19(28)14-4-3-12(20)8-15(14)21/h3-9H,22H2,1-2H3,(H,27,28)(H2,23,24,25,26). The van der Waals surface area contributed by atoms with Gasteiger partial charge in [0.1, 0.15) is 12.0 Å². The van der Waals surface area contributed by atoms with Gasteiger partial charge in [0.2, 0.25) is 0 Å². The summed E-state index contributed by atoms with van der Waals surface area (Å²) >= 11 is 11.9. The highest BCUT2D eigenvalue weighted by Crippen LogP contribution is 2.26. The second kappa shape index (κ2) is 8.33. The lowest BCUT2D eigenvalue weighted by Crippen LogP contribution is -2.30. The van der Waals surface area contributed by atoms with Crippen molar-refractivity contribution >= 4 is 52.1 Å². The molecule has 144 valence electrons. The van der Waals surface area contributed by atoms with E-state index in [2.05, 4.69) is 32.2 Å². The Balaban J connectivity index is 1.74. The summed E-state index contributed by atoms with van der Waals surface area (Å²) < 4.78 is 0. The highest BCUT2D eigenvalue weighted by molar-refractivity contribution is 6.36. The zero-order valence-electron chi connectivity index (χ0n) is 15.2. The second-order valence-corrected chi connectivity index (χ2v) is 7.03. The van der Waals surface area contributed by atoms with E-state index in [9.17, 15) is 4.79 Å². The second-order valence-electron chi connectivity index (χ2n) is 6.19. The van der Waals surface area contributed by atoms with Crippen LogP contribution in [0, 0.1) is 13.8 Å². The third-order valence-electron chi connectivity index (χ3n) is 3.84. The first-order chi connectivity index (χ1) is 13.3. The summed E-state index contributed by atoms with van der Waals surface area (Å²) in [6.45, 7) is 4.01. The minimum absolute atomic E-state index is 0.236. The van der Waals surface area contributed by atoms with E-state index in [4.69, 9.17) is 28.9 Å². The van der Waals surface area contributed by atoms with E-state index in [0.29, 0.717) is 10.8 Å². The van der Waals surface area contributed by atoms with Crippen LogP contribution in [0.2, 0.25) is 10.0 Å². The minimum atomic E-state index is -0.455. The maximum atomic E-state index is 12.3. The molecule has 0 spiro atoms. The minimum Gasteiger partial charge on any atom is -0.393 e. The van der Waals surface area contributed by atoms with Crippen LogP contribution in [0.1, 0.15) is 21.5 Å². The Labute approximate surface area is 172 Å². The summed E-state index contributed by atoms with van der Waals surface area (Å²) in [6, 6.07) is 10.6. The maximum Gasteiger partial charge on any atom is 0.271 e. The van der Waals surface area contributed by atoms with Crippen molar-refractivity contribution in [3.63, 3.8) is 0 Å². The Morgan fingerprint density at radius 2 is 1.68 bits per heavy atom. The van der Waals surface area contributed by atoms with Gasteiger partial charge in [-0.1, -0.05) is 29.3 Å². The van der Waals surface area contributed by atoms with Crippen LogP contribution in [-0.4, -0.2) is 15.9 Å². The number of hydrazine groups is 1. The quantitative estimate of drug-likeness (QED) is 0.456. The van der Waals surface area contributed by atoms with Crippen LogP contribution >= 0.6 is 23.2 Å². The highest BCUT2D eigenvalue weighted by atomic mass is 35.5. The summed E-state index contributed by atoms with van der Waals surface area (Å²) in [6.07, 6.45) is 1.34. The number of aromatic nitrogens is 2. The average molecular weight is 417 g/mol. The predicted molar refractivity (Wildman–Crippen MR) is 113 cm³/mol. The van der Waals surface area contributed by atoms with E-state index < -0.39 is 5.91 Å². The van der Waals surface area contributed by atoms with Gasteiger partial charge < -0.3 is 11.1 Å². The van der Waals surface area contributed by atoms with Gasteiger partial charge >= 0.3 is 0 Å². The first kappa shape index (κ1) is 19.7. The number of halogens is 2. The lowest BCUT2D eigenvalue weighted by atomic mass is 10.1. The number of nitrogens with zero attached hydrogens (tertiary/aromatic N) is 2. The van der Waals surface area contributed by atoms with Gasteiger partial charge in [0.05, 0.1) is 10.6 Å². The van der Waals surface area contributed by atoms with Gasteiger partial charge in [0.25, 0.3) is 5.91 Å². The van der Waals surface area contributed by atoms with Crippen molar-refractivity contribution in [2.24, 2.45) is 0 Å². The lowest BCUT2D eigenvalue weighted by molar-refractivity contribution is 0.0962. The fraction of sp³-hybridized carbons (Fsp3) is 0.105. The Morgan fingerprint density at radius 3 is 2.36 bits per heavy atom. The van der Waals surface area contributed by atoms with Crippen LogP contribution in [-0.2, 0) is 0 Å². The summed E-state index contributed by atoms with van der Waals surface area (Å²) in [5.41, 5.74) is 14.9. The molecule has 0 aliphatic carbocycles. The number of hydrogen-bond acceptors (Lipinski definition) is 6. The molecule has 3 aromatic rings. The van der Waals surface area contributed by atoms with Crippen LogP contribution in [0.5, 0.6) is 0 Å². The smallest absolute Gasteiger partial charge is 0.271 e. The molecule has 0 saturated carbocycles. The molecule has 9 heteroatoms. The molecule has 0 radical (unpaired) electrons. The fourth-order valence-corrected chi connectivity index (χ4v) is 3.13. The van der Waals surface area contributed by atoms with Crippen LogP contribution < -0.4 is 21.9 Å². The number of carbonyl (C=O) groups excluding carboxylic acids is 1. The Bertz CT molecular complexity index is 1020. The van der Waals surface area contributed by atoms with Gasteiger partial charge in [-0.25, -0.2) is 9.97 Å². The zero-order valence-corrected chi connectivity index (χ0v) is 16.7. The van der Waals surface area contributed by atoms with Gasteiger partial charge in [-0.15, -0.1) is 0 Å². The lowest BCUT2D eigenvalue weighted by Gasteiger charge is -2.14. The number of nitrogen functional groups attached to an aromatic ring is 1. The SMILES string of the molecule is Cc1cc(C)cc(Nc2ncnc(NNC(=O)c3ccc(Cl)cc3Cl)c2N)c1. The number of aryl methyl sites for hydroxylation is 2. The van der Waals surface area contributed by atoms with Crippen LogP contribution in [0.4, 0.5) is 23.0 Å². The summed E-state index contributed by atoms with van der Waals surface area (Å²) in [5.74, 6) is 0.213. The van der Waals surface area contributed by atoms with E-state index in [1.165, 1.54) is 18.5 Å². The van der Waals surface area contributed by atoms with Gasteiger partial charge in [0, 0.05) is 10.7 Å². The fourth-order valence-electron chi connectivity index (χ4n) is 2.64. The molecule has 0 aliphatic rings. The molecule has 0 saturated heterocycles. The molecule has 1 amide bonds. The molecular formula is C19H18Cl2N6O. The molecule has 2 aromatic carbocycles. The Kier molecular flexibility index (Phi) is 5.87. The monoisotopic (exact) mass is 416 g/mol. The Hall–Kier alpha value is -3.03. The van der Waals surface area contributed by atoms with Crippen molar-refractivity contribution in [3.8, 4) is 0 Å².